The highest BCUT2D eigenvalue weighted by molar-refractivity contribution is 7.89. The molecule has 2 aromatic heterocycles. The van der Waals surface area contributed by atoms with Crippen LogP contribution in [0.3, 0.4) is 0 Å². The SMILES string of the molecule is O=S(=O)(NC[C@H]1CC[C@H](CNc2nc(NCCO)c3ccccc3n2)CC1)c1cc(Cl)sc1Cl. The number of hydrogen-bond donors (Lipinski definition) is 4. The number of anilines is 2. The lowest BCUT2D eigenvalue weighted by Crippen LogP contribution is -2.32. The largest absolute Gasteiger partial charge is 0.395 e. The maximum absolute atomic E-state index is 12.5. The molecular weight excluding hydrogens is 517 g/mol. The summed E-state index contributed by atoms with van der Waals surface area (Å²) in [7, 11) is -3.66. The lowest BCUT2D eigenvalue weighted by Gasteiger charge is -2.28. The molecule has 1 aromatic carbocycles. The summed E-state index contributed by atoms with van der Waals surface area (Å²) in [5, 5.41) is 16.6. The Bertz CT molecular complexity index is 1230. The number of sulfonamides is 1. The summed E-state index contributed by atoms with van der Waals surface area (Å²) >= 11 is 12.9. The number of aromatic nitrogens is 2. The highest BCUT2D eigenvalue weighted by Gasteiger charge is 2.25. The van der Waals surface area contributed by atoms with E-state index < -0.39 is 10.0 Å². The fourth-order valence-corrected chi connectivity index (χ4v) is 7.42. The number of rotatable bonds is 10. The van der Waals surface area contributed by atoms with Crippen molar-refractivity contribution in [3.8, 4) is 0 Å². The first-order chi connectivity index (χ1) is 16.4. The van der Waals surface area contributed by atoms with Crippen LogP contribution in [0.4, 0.5) is 11.8 Å². The van der Waals surface area contributed by atoms with E-state index in [1.54, 1.807) is 0 Å². The molecule has 0 radical (unpaired) electrons. The first kappa shape index (κ1) is 25.4. The molecule has 8 nitrogen and oxygen atoms in total. The van der Waals surface area contributed by atoms with Gasteiger partial charge in [0.05, 0.1) is 16.5 Å². The highest BCUT2D eigenvalue weighted by Crippen LogP contribution is 2.35. The molecule has 0 spiro atoms. The molecule has 1 saturated carbocycles. The van der Waals surface area contributed by atoms with Crippen molar-refractivity contribution in [1.29, 1.82) is 0 Å². The normalized spacial score (nSPS) is 18.8. The molecule has 0 amide bonds. The molecule has 3 aromatic rings. The number of thiophene rings is 1. The van der Waals surface area contributed by atoms with Gasteiger partial charge in [-0.05, 0) is 55.7 Å². The van der Waals surface area contributed by atoms with Crippen LogP contribution in [0.15, 0.2) is 35.2 Å². The molecule has 0 saturated heterocycles. The van der Waals surface area contributed by atoms with Crippen molar-refractivity contribution in [3.63, 3.8) is 0 Å². The van der Waals surface area contributed by atoms with Gasteiger partial charge in [-0.2, -0.15) is 4.98 Å². The Balaban J connectivity index is 1.28. The number of hydrogen-bond acceptors (Lipinski definition) is 8. The van der Waals surface area contributed by atoms with Gasteiger partial charge in [0, 0.05) is 25.0 Å². The molecule has 4 rings (SSSR count). The minimum absolute atomic E-state index is 0.0224. The molecule has 184 valence electrons. The molecule has 0 bridgehead atoms. The molecule has 4 N–H and O–H groups in total. The van der Waals surface area contributed by atoms with Crippen LogP contribution >= 0.6 is 34.5 Å². The topological polar surface area (TPSA) is 116 Å². The zero-order valence-corrected chi connectivity index (χ0v) is 21.6. The molecule has 0 atom stereocenters. The van der Waals surface area contributed by atoms with Gasteiger partial charge < -0.3 is 15.7 Å². The van der Waals surface area contributed by atoms with Gasteiger partial charge >= 0.3 is 0 Å². The second kappa shape index (κ2) is 11.4. The van der Waals surface area contributed by atoms with Gasteiger partial charge in [0.15, 0.2) is 0 Å². The number of nitrogens with one attached hydrogen (secondary N) is 3. The number of nitrogens with zero attached hydrogens (tertiary/aromatic N) is 2. The number of aliphatic hydroxyl groups excluding tert-OH is 1. The molecule has 1 aliphatic rings. The van der Waals surface area contributed by atoms with E-state index in [1.165, 1.54) is 6.07 Å². The van der Waals surface area contributed by atoms with Crippen LogP contribution in [0.2, 0.25) is 8.67 Å². The molecule has 2 heterocycles. The fourth-order valence-electron chi connectivity index (χ4n) is 4.15. The molecule has 1 aliphatic carbocycles. The Morgan fingerprint density at radius 1 is 1.03 bits per heavy atom. The molecule has 12 heteroatoms. The monoisotopic (exact) mass is 543 g/mol. The van der Waals surface area contributed by atoms with Crippen LogP contribution in [0.5, 0.6) is 0 Å². The molecule has 1 fully saturated rings. The van der Waals surface area contributed by atoms with Gasteiger partial charge in [0.2, 0.25) is 16.0 Å². The van der Waals surface area contributed by atoms with E-state index in [0.717, 1.165) is 54.5 Å². The number of halogens is 2. The summed E-state index contributed by atoms with van der Waals surface area (Å²) in [4.78, 5) is 9.25. The summed E-state index contributed by atoms with van der Waals surface area (Å²) in [6, 6.07) is 9.15. The van der Waals surface area contributed by atoms with E-state index in [4.69, 9.17) is 28.3 Å². The smallest absolute Gasteiger partial charge is 0.242 e. The van der Waals surface area contributed by atoms with E-state index in [0.29, 0.717) is 35.1 Å². The van der Waals surface area contributed by atoms with Gasteiger partial charge in [0.1, 0.15) is 15.0 Å². The fraction of sp³-hybridized carbons (Fsp3) is 0.455. The quantitative estimate of drug-likeness (QED) is 0.295. The van der Waals surface area contributed by atoms with Gasteiger partial charge in [0.25, 0.3) is 0 Å². The third kappa shape index (κ3) is 6.30. The highest BCUT2D eigenvalue weighted by atomic mass is 35.5. The Morgan fingerprint density at radius 2 is 1.74 bits per heavy atom. The second-order valence-corrected chi connectivity index (χ2v) is 12.4. The predicted molar refractivity (Wildman–Crippen MR) is 139 cm³/mol. The van der Waals surface area contributed by atoms with Crippen molar-refractivity contribution in [1.82, 2.24) is 14.7 Å². The number of aliphatic hydroxyl groups is 1. The summed E-state index contributed by atoms with van der Waals surface area (Å²) in [6.07, 6.45) is 3.87. The van der Waals surface area contributed by atoms with Crippen LogP contribution in [-0.2, 0) is 10.0 Å². The molecular formula is C22H27Cl2N5O3S2. The van der Waals surface area contributed by atoms with Crippen molar-refractivity contribution in [2.45, 2.75) is 30.6 Å². The average molecular weight is 545 g/mol. The van der Waals surface area contributed by atoms with E-state index in [1.807, 2.05) is 24.3 Å². The van der Waals surface area contributed by atoms with E-state index in [9.17, 15) is 8.42 Å². The zero-order valence-electron chi connectivity index (χ0n) is 18.4. The van der Waals surface area contributed by atoms with E-state index in [-0.39, 0.29) is 21.8 Å². The van der Waals surface area contributed by atoms with Gasteiger partial charge in [-0.1, -0.05) is 35.3 Å². The summed E-state index contributed by atoms with van der Waals surface area (Å²) < 4.78 is 28.3. The molecule has 34 heavy (non-hydrogen) atoms. The first-order valence-electron chi connectivity index (χ1n) is 11.2. The average Bonchev–Trinajstić information content (AvgIpc) is 3.19. The zero-order chi connectivity index (χ0) is 24.1. The summed E-state index contributed by atoms with van der Waals surface area (Å²) in [5.74, 6) is 2.00. The van der Waals surface area contributed by atoms with Crippen molar-refractivity contribution in [2.24, 2.45) is 11.8 Å². The van der Waals surface area contributed by atoms with Crippen molar-refractivity contribution < 1.29 is 13.5 Å². The maximum Gasteiger partial charge on any atom is 0.242 e. The third-order valence-electron chi connectivity index (χ3n) is 6.00. The predicted octanol–water partition coefficient (Wildman–Crippen LogP) is 4.60. The van der Waals surface area contributed by atoms with Crippen molar-refractivity contribution in [3.05, 3.63) is 39.0 Å². The lowest BCUT2D eigenvalue weighted by molar-refractivity contribution is 0.284. The van der Waals surface area contributed by atoms with Crippen molar-refractivity contribution >= 4 is 67.2 Å². The Kier molecular flexibility index (Phi) is 8.49. The Hall–Kier alpha value is -1.69. The molecule has 0 aliphatic heterocycles. The first-order valence-corrected chi connectivity index (χ1v) is 14.2. The lowest BCUT2D eigenvalue weighted by atomic mass is 9.82. The van der Waals surface area contributed by atoms with Crippen molar-refractivity contribution in [2.75, 3.05) is 36.9 Å². The minimum Gasteiger partial charge on any atom is -0.395 e. The van der Waals surface area contributed by atoms with Gasteiger partial charge in [-0.15, -0.1) is 11.3 Å². The number of fused-ring (bicyclic) bond motifs is 1. The minimum atomic E-state index is -3.66. The number of para-hydroxylation sites is 1. The van der Waals surface area contributed by atoms with Crippen LogP contribution in [0.25, 0.3) is 10.9 Å². The van der Waals surface area contributed by atoms with Crippen LogP contribution in [0, 0.1) is 11.8 Å². The van der Waals surface area contributed by atoms with Gasteiger partial charge in [-0.3, -0.25) is 0 Å². The van der Waals surface area contributed by atoms with Crippen LogP contribution in [-0.4, -0.2) is 49.7 Å². The standard InChI is InChI=1S/C22H27Cl2N5O3S2/c23-19-11-18(20(24)33-19)34(31,32)27-13-15-7-5-14(6-8-15)12-26-22-28-17-4-2-1-3-16(17)21(29-22)25-9-10-30/h1-4,11,14-15,27,30H,5-10,12-13H2,(H2,25,26,28,29)/t14-,15-. The van der Waals surface area contributed by atoms with Crippen LogP contribution in [0.1, 0.15) is 25.7 Å². The Labute approximate surface area is 213 Å². The van der Waals surface area contributed by atoms with E-state index >= 15 is 0 Å². The maximum atomic E-state index is 12.5. The molecule has 0 unspecified atom stereocenters. The summed E-state index contributed by atoms with van der Waals surface area (Å²) in [5.41, 5.74) is 0.837. The Morgan fingerprint density at radius 3 is 2.41 bits per heavy atom. The number of benzene rings is 1. The third-order valence-corrected chi connectivity index (χ3v) is 9.18. The second-order valence-electron chi connectivity index (χ2n) is 8.37. The van der Waals surface area contributed by atoms with E-state index in [2.05, 4.69) is 25.3 Å². The van der Waals surface area contributed by atoms with Gasteiger partial charge in [-0.25, -0.2) is 18.1 Å². The van der Waals surface area contributed by atoms with Crippen LogP contribution < -0.4 is 15.4 Å². The summed E-state index contributed by atoms with van der Waals surface area (Å²) in [6.45, 7) is 1.58.